The van der Waals surface area contributed by atoms with Crippen LogP contribution in [0.2, 0.25) is 0 Å². The van der Waals surface area contributed by atoms with Crippen molar-refractivity contribution in [2.24, 2.45) is 5.73 Å². The van der Waals surface area contributed by atoms with Crippen LogP contribution in [-0.2, 0) is 4.79 Å². The van der Waals surface area contributed by atoms with Gasteiger partial charge in [0.15, 0.2) is 0 Å². The van der Waals surface area contributed by atoms with E-state index in [2.05, 4.69) is 17.5 Å². The van der Waals surface area contributed by atoms with Crippen molar-refractivity contribution < 1.29 is 18.0 Å². The molecule has 0 aliphatic heterocycles. The van der Waals surface area contributed by atoms with Crippen molar-refractivity contribution in [3.8, 4) is 0 Å². The SMILES string of the molecule is NC(=S)CCCNC(=O)CC(F)(F)F. The van der Waals surface area contributed by atoms with E-state index in [9.17, 15) is 18.0 Å². The van der Waals surface area contributed by atoms with Gasteiger partial charge in [0.25, 0.3) is 0 Å². The summed E-state index contributed by atoms with van der Waals surface area (Å²) in [6, 6.07) is 0. The van der Waals surface area contributed by atoms with E-state index < -0.39 is 18.5 Å². The molecule has 0 radical (unpaired) electrons. The minimum atomic E-state index is -4.45. The van der Waals surface area contributed by atoms with Crippen LogP contribution >= 0.6 is 12.2 Å². The smallest absolute Gasteiger partial charge is 0.393 e. The summed E-state index contributed by atoms with van der Waals surface area (Å²) in [5, 5.41) is 2.12. The Labute approximate surface area is 84.8 Å². The Morgan fingerprint density at radius 1 is 1.43 bits per heavy atom. The van der Waals surface area contributed by atoms with Gasteiger partial charge in [0.1, 0.15) is 6.42 Å². The number of thiocarbonyl (C=S) groups is 1. The molecule has 0 aromatic heterocycles. The first-order chi connectivity index (χ1) is 6.31. The van der Waals surface area contributed by atoms with Crippen LogP contribution in [0.15, 0.2) is 0 Å². The normalized spacial score (nSPS) is 11.1. The topological polar surface area (TPSA) is 55.1 Å². The van der Waals surface area contributed by atoms with Crippen LogP contribution in [0.4, 0.5) is 13.2 Å². The number of hydrogen-bond donors (Lipinski definition) is 2. The number of rotatable bonds is 5. The Morgan fingerprint density at radius 3 is 2.43 bits per heavy atom. The second-order valence-electron chi connectivity index (χ2n) is 2.71. The zero-order chi connectivity index (χ0) is 11.2. The molecule has 7 heteroatoms. The average molecular weight is 228 g/mol. The third-order valence-corrected chi connectivity index (χ3v) is 1.49. The maximum atomic E-state index is 11.6. The van der Waals surface area contributed by atoms with Gasteiger partial charge in [-0.05, 0) is 12.8 Å². The summed E-state index contributed by atoms with van der Waals surface area (Å²) in [7, 11) is 0. The molecule has 82 valence electrons. The van der Waals surface area contributed by atoms with Crippen LogP contribution in [-0.4, -0.2) is 23.6 Å². The maximum absolute atomic E-state index is 11.6. The van der Waals surface area contributed by atoms with E-state index >= 15 is 0 Å². The molecule has 0 fully saturated rings. The number of hydrogen-bond acceptors (Lipinski definition) is 2. The van der Waals surface area contributed by atoms with Gasteiger partial charge in [-0.3, -0.25) is 4.79 Å². The Balaban J connectivity index is 3.50. The van der Waals surface area contributed by atoms with Gasteiger partial charge < -0.3 is 11.1 Å². The molecule has 0 atom stereocenters. The highest BCUT2D eigenvalue weighted by Crippen LogP contribution is 2.18. The molecule has 0 saturated carbocycles. The Morgan fingerprint density at radius 2 is 2.00 bits per heavy atom. The monoisotopic (exact) mass is 228 g/mol. The predicted molar refractivity (Wildman–Crippen MR) is 49.7 cm³/mol. The number of alkyl halides is 3. The van der Waals surface area contributed by atoms with E-state index in [0.717, 1.165) is 0 Å². The lowest BCUT2D eigenvalue weighted by molar-refractivity contribution is -0.153. The summed E-state index contributed by atoms with van der Waals surface area (Å²) in [6.07, 6.45) is -5.02. The van der Waals surface area contributed by atoms with Crippen LogP contribution in [0.25, 0.3) is 0 Å². The molecular weight excluding hydrogens is 217 g/mol. The van der Waals surface area contributed by atoms with Crippen molar-refractivity contribution >= 4 is 23.1 Å². The summed E-state index contributed by atoms with van der Waals surface area (Å²) >= 11 is 4.55. The average Bonchev–Trinajstić information content (AvgIpc) is 1.94. The molecular formula is C7H11F3N2OS. The molecule has 0 unspecified atom stereocenters. The summed E-state index contributed by atoms with van der Waals surface area (Å²) in [4.78, 5) is 10.9. The highest BCUT2D eigenvalue weighted by atomic mass is 32.1. The van der Waals surface area contributed by atoms with Crippen molar-refractivity contribution in [3.05, 3.63) is 0 Å². The third kappa shape index (κ3) is 9.24. The van der Waals surface area contributed by atoms with Crippen molar-refractivity contribution in [2.75, 3.05) is 6.54 Å². The van der Waals surface area contributed by atoms with Crippen LogP contribution in [0, 0.1) is 0 Å². The van der Waals surface area contributed by atoms with Crippen molar-refractivity contribution in [2.45, 2.75) is 25.4 Å². The molecule has 0 rings (SSSR count). The third-order valence-electron chi connectivity index (χ3n) is 1.28. The largest absolute Gasteiger partial charge is 0.397 e. The molecule has 3 nitrogen and oxygen atoms in total. The van der Waals surface area contributed by atoms with Gasteiger partial charge in [-0.25, -0.2) is 0 Å². The van der Waals surface area contributed by atoms with Gasteiger partial charge in [0.05, 0.1) is 4.99 Å². The molecule has 0 aromatic rings. The lowest BCUT2D eigenvalue weighted by atomic mass is 10.3. The highest BCUT2D eigenvalue weighted by molar-refractivity contribution is 7.80. The van der Waals surface area contributed by atoms with E-state index in [1.54, 1.807) is 0 Å². The summed E-state index contributed by atoms with van der Waals surface area (Å²) in [5.41, 5.74) is 5.15. The second kappa shape index (κ2) is 5.79. The first kappa shape index (κ1) is 13.2. The number of amides is 1. The fourth-order valence-corrected chi connectivity index (χ4v) is 0.879. The zero-order valence-electron chi connectivity index (χ0n) is 7.36. The minimum absolute atomic E-state index is 0.159. The molecule has 0 aliphatic carbocycles. The lowest BCUT2D eigenvalue weighted by Gasteiger charge is -2.07. The van der Waals surface area contributed by atoms with Crippen LogP contribution in [0.3, 0.4) is 0 Å². The van der Waals surface area contributed by atoms with E-state index in [-0.39, 0.29) is 11.5 Å². The molecule has 1 amide bonds. The molecule has 0 spiro atoms. The van der Waals surface area contributed by atoms with E-state index in [1.165, 1.54) is 0 Å². The van der Waals surface area contributed by atoms with E-state index in [1.807, 2.05) is 0 Å². The Bertz CT molecular complexity index is 217. The number of halogens is 3. The zero-order valence-corrected chi connectivity index (χ0v) is 8.17. The fourth-order valence-electron chi connectivity index (χ4n) is 0.735. The molecule has 0 aliphatic rings. The quantitative estimate of drug-likeness (QED) is 0.547. The summed E-state index contributed by atoms with van der Waals surface area (Å²) in [5.74, 6) is -1.03. The Hall–Kier alpha value is -0.850. The fraction of sp³-hybridized carbons (Fsp3) is 0.714. The molecule has 3 N–H and O–H groups in total. The van der Waals surface area contributed by atoms with Crippen LogP contribution in [0.1, 0.15) is 19.3 Å². The van der Waals surface area contributed by atoms with Crippen molar-refractivity contribution in [1.29, 1.82) is 0 Å². The molecule has 0 aromatic carbocycles. The summed E-state index contributed by atoms with van der Waals surface area (Å²) < 4.78 is 34.9. The van der Waals surface area contributed by atoms with Gasteiger partial charge >= 0.3 is 6.18 Å². The van der Waals surface area contributed by atoms with Gasteiger partial charge in [0, 0.05) is 6.54 Å². The van der Waals surface area contributed by atoms with Crippen LogP contribution < -0.4 is 11.1 Å². The van der Waals surface area contributed by atoms with Gasteiger partial charge in [-0.1, -0.05) is 12.2 Å². The molecule has 0 heterocycles. The summed E-state index contributed by atoms with van der Waals surface area (Å²) in [6.45, 7) is 0.159. The van der Waals surface area contributed by atoms with Gasteiger partial charge in [-0.2, -0.15) is 13.2 Å². The molecule has 0 saturated heterocycles. The first-order valence-corrected chi connectivity index (χ1v) is 4.34. The number of nitrogens with two attached hydrogens (primary N) is 1. The predicted octanol–water partition coefficient (Wildman–Crippen LogP) is 1.12. The lowest BCUT2D eigenvalue weighted by Crippen LogP contribution is -2.29. The van der Waals surface area contributed by atoms with E-state index in [0.29, 0.717) is 12.8 Å². The maximum Gasteiger partial charge on any atom is 0.397 e. The van der Waals surface area contributed by atoms with Gasteiger partial charge in [0.2, 0.25) is 5.91 Å². The standard InChI is InChI=1S/C7H11F3N2OS/c8-7(9,10)4-6(13)12-3-1-2-5(11)14/h1-4H2,(H2,11,14)(H,12,13). The van der Waals surface area contributed by atoms with Crippen LogP contribution in [0.5, 0.6) is 0 Å². The number of nitrogens with one attached hydrogen (secondary N) is 1. The van der Waals surface area contributed by atoms with Gasteiger partial charge in [-0.15, -0.1) is 0 Å². The first-order valence-electron chi connectivity index (χ1n) is 3.93. The number of carbonyl (C=O) groups is 1. The highest BCUT2D eigenvalue weighted by Gasteiger charge is 2.30. The Kier molecular flexibility index (Phi) is 5.44. The van der Waals surface area contributed by atoms with Crippen molar-refractivity contribution in [3.63, 3.8) is 0 Å². The molecule has 14 heavy (non-hydrogen) atoms. The minimum Gasteiger partial charge on any atom is -0.393 e. The number of carbonyl (C=O) groups excluding carboxylic acids is 1. The molecule has 0 bridgehead atoms. The second-order valence-corrected chi connectivity index (χ2v) is 3.24. The van der Waals surface area contributed by atoms with E-state index in [4.69, 9.17) is 5.73 Å². The van der Waals surface area contributed by atoms with Crippen molar-refractivity contribution in [1.82, 2.24) is 5.32 Å².